The van der Waals surface area contributed by atoms with Crippen molar-refractivity contribution in [3.05, 3.63) is 23.0 Å². The first kappa shape index (κ1) is 20.3. The van der Waals surface area contributed by atoms with Gasteiger partial charge >= 0.3 is 0 Å². The fourth-order valence-electron chi connectivity index (χ4n) is 4.69. The van der Waals surface area contributed by atoms with Crippen molar-refractivity contribution in [3.8, 4) is 0 Å². The molecule has 2 heterocycles. The maximum atomic E-state index is 13.0. The molecule has 0 aromatic carbocycles. The van der Waals surface area contributed by atoms with Gasteiger partial charge in [-0.15, -0.1) is 12.4 Å². The van der Waals surface area contributed by atoms with Gasteiger partial charge in [0.2, 0.25) is 0 Å². The number of aryl methyl sites for hydroxylation is 1. The summed E-state index contributed by atoms with van der Waals surface area (Å²) in [7, 11) is 2.01. The molecule has 4 nitrogen and oxygen atoms in total. The number of nitrogens with one attached hydrogen (secondary N) is 1. The molecule has 1 N–H and O–H groups in total. The molecule has 142 valence electrons. The first-order valence-corrected chi connectivity index (χ1v) is 9.74. The fraction of sp³-hybridized carbons (Fsp3) is 0.750. The number of nitrogens with zero attached hydrogens (tertiary/aromatic N) is 2. The number of amides is 1. The van der Waals surface area contributed by atoms with Gasteiger partial charge in [-0.25, -0.2) is 0 Å². The number of halogens is 1. The molecule has 1 amide bonds. The summed E-state index contributed by atoms with van der Waals surface area (Å²) < 4.78 is 2.44. The molecule has 0 atom stereocenters. The zero-order valence-electron chi connectivity index (χ0n) is 16.0. The smallest absolute Gasteiger partial charge is 0.255 e. The van der Waals surface area contributed by atoms with Crippen molar-refractivity contribution in [1.82, 2.24) is 14.8 Å². The van der Waals surface area contributed by atoms with Gasteiger partial charge in [0, 0.05) is 30.5 Å². The molecule has 2 aliphatic rings. The highest BCUT2D eigenvalue weighted by molar-refractivity contribution is 5.95. The number of likely N-dealkylation sites (tertiary alicyclic amines) is 1. The van der Waals surface area contributed by atoms with Crippen LogP contribution in [0.2, 0.25) is 0 Å². The number of carbonyl (C=O) groups is 1. The Bertz CT molecular complexity index is 570. The second kappa shape index (κ2) is 9.09. The topological polar surface area (TPSA) is 37.3 Å². The van der Waals surface area contributed by atoms with E-state index >= 15 is 0 Å². The number of hydrogen-bond acceptors (Lipinski definition) is 2. The van der Waals surface area contributed by atoms with Crippen molar-refractivity contribution in [2.45, 2.75) is 64.8 Å². The molecule has 1 saturated carbocycles. The number of aromatic nitrogens is 1. The summed E-state index contributed by atoms with van der Waals surface area (Å²) >= 11 is 0. The Morgan fingerprint density at radius 3 is 2.36 bits per heavy atom. The summed E-state index contributed by atoms with van der Waals surface area (Å²) in [6.45, 7) is 7.18. The van der Waals surface area contributed by atoms with Crippen molar-refractivity contribution in [3.63, 3.8) is 0 Å². The standard InChI is InChI=1S/C20H33N3O.ClH/c1-15-13-19(16(2)23(15)18-7-5-4-6-8-18)20(24)22-11-9-17(10-12-22)14-21-3;/h13,17-18,21H,4-12,14H2,1-3H3;1H. The van der Waals surface area contributed by atoms with E-state index in [0.717, 1.165) is 38.0 Å². The van der Waals surface area contributed by atoms with E-state index in [4.69, 9.17) is 0 Å². The summed E-state index contributed by atoms with van der Waals surface area (Å²) in [6, 6.07) is 2.73. The van der Waals surface area contributed by atoms with Gasteiger partial charge in [0.25, 0.3) is 5.91 Å². The second-order valence-corrected chi connectivity index (χ2v) is 7.74. The average molecular weight is 368 g/mol. The Kier molecular flexibility index (Phi) is 7.38. The molecule has 0 spiro atoms. The molecule has 1 aliphatic heterocycles. The largest absolute Gasteiger partial charge is 0.345 e. The summed E-state index contributed by atoms with van der Waals surface area (Å²) in [5.41, 5.74) is 3.37. The van der Waals surface area contributed by atoms with Crippen molar-refractivity contribution >= 4 is 18.3 Å². The predicted molar refractivity (Wildman–Crippen MR) is 106 cm³/mol. The van der Waals surface area contributed by atoms with Gasteiger partial charge in [0.1, 0.15) is 0 Å². The maximum Gasteiger partial charge on any atom is 0.255 e. The first-order valence-electron chi connectivity index (χ1n) is 9.74. The SMILES string of the molecule is CNCC1CCN(C(=O)c2cc(C)n(C3CCCCC3)c2C)CC1.Cl. The molecule has 1 saturated heterocycles. The van der Waals surface area contributed by atoms with Crippen molar-refractivity contribution < 1.29 is 4.79 Å². The molecule has 5 heteroatoms. The van der Waals surface area contributed by atoms with E-state index in [1.165, 1.54) is 43.5 Å². The molecule has 0 unspecified atom stereocenters. The summed E-state index contributed by atoms with van der Waals surface area (Å²) in [5, 5.41) is 3.26. The van der Waals surface area contributed by atoms with Crippen molar-refractivity contribution in [1.29, 1.82) is 0 Å². The summed E-state index contributed by atoms with van der Waals surface area (Å²) in [4.78, 5) is 15.1. The maximum absolute atomic E-state index is 13.0. The molecule has 2 fully saturated rings. The Hall–Kier alpha value is -1.00. The number of piperidine rings is 1. The van der Waals surface area contributed by atoms with Crippen LogP contribution in [-0.4, -0.2) is 42.1 Å². The number of rotatable bonds is 4. The van der Waals surface area contributed by atoms with Gasteiger partial charge in [-0.3, -0.25) is 4.79 Å². The molecule has 0 bridgehead atoms. The van der Waals surface area contributed by atoms with E-state index in [2.05, 4.69) is 34.7 Å². The lowest BCUT2D eigenvalue weighted by molar-refractivity contribution is 0.0690. The molecule has 1 aromatic rings. The van der Waals surface area contributed by atoms with Gasteiger partial charge in [0.05, 0.1) is 5.56 Å². The van der Waals surface area contributed by atoms with Crippen LogP contribution in [0.1, 0.15) is 72.7 Å². The zero-order chi connectivity index (χ0) is 17.1. The van der Waals surface area contributed by atoms with E-state index in [1.54, 1.807) is 0 Å². The molecule has 1 aromatic heterocycles. The van der Waals surface area contributed by atoms with E-state index in [1.807, 2.05) is 7.05 Å². The Labute approximate surface area is 158 Å². The minimum Gasteiger partial charge on any atom is -0.345 e. The van der Waals surface area contributed by atoms with E-state index in [9.17, 15) is 4.79 Å². The third-order valence-corrected chi connectivity index (χ3v) is 6.05. The van der Waals surface area contributed by atoms with Crippen LogP contribution >= 0.6 is 12.4 Å². The molecule has 0 radical (unpaired) electrons. The lowest BCUT2D eigenvalue weighted by atomic mass is 9.95. The van der Waals surface area contributed by atoms with Crippen molar-refractivity contribution in [2.75, 3.05) is 26.7 Å². The van der Waals surface area contributed by atoms with Crippen LogP contribution in [0.5, 0.6) is 0 Å². The number of hydrogen-bond donors (Lipinski definition) is 1. The minimum atomic E-state index is 0. The average Bonchev–Trinajstić information content (AvgIpc) is 2.90. The molecule has 1 aliphatic carbocycles. The molecular formula is C20H34ClN3O. The molecule has 3 rings (SSSR count). The van der Waals surface area contributed by atoms with Crippen molar-refractivity contribution in [2.24, 2.45) is 5.92 Å². The van der Waals surface area contributed by atoms with Crippen LogP contribution < -0.4 is 5.32 Å². The lowest BCUT2D eigenvalue weighted by Crippen LogP contribution is -2.40. The Balaban J connectivity index is 0.00000225. The quantitative estimate of drug-likeness (QED) is 0.869. The third kappa shape index (κ3) is 4.40. The van der Waals surface area contributed by atoms with Crippen LogP contribution in [0.4, 0.5) is 0 Å². The second-order valence-electron chi connectivity index (χ2n) is 7.74. The highest BCUT2D eigenvalue weighted by atomic mass is 35.5. The van der Waals surface area contributed by atoms with Crippen LogP contribution in [0.3, 0.4) is 0 Å². The highest BCUT2D eigenvalue weighted by Gasteiger charge is 2.27. The highest BCUT2D eigenvalue weighted by Crippen LogP contribution is 2.32. The van der Waals surface area contributed by atoms with E-state index in [-0.39, 0.29) is 18.3 Å². The van der Waals surface area contributed by atoms with Gasteiger partial charge in [-0.2, -0.15) is 0 Å². The fourth-order valence-corrected chi connectivity index (χ4v) is 4.69. The normalized spacial score (nSPS) is 19.7. The molecule has 25 heavy (non-hydrogen) atoms. The minimum absolute atomic E-state index is 0. The van der Waals surface area contributed by atoms with Crippen LogP contribution in [-0.2, 0) is 0 Å². The monoisotopic (exact) mass is 367 g/mol. The van der Waals surface area contributed by atoms with Gasteiger partial charge in [0.15, 0.2) is 0 Å². The predicted octanol–water partition coefficient (Wildman–Crippen LogP) is 4.10. The van der Waals surface area contributed by atoms with Crippen LogP contribution in [0, 0.1) is 19.8 Å². The van der Waals surface area contributed by atoms with Gasteiger partial charge < -0.3 is 14.8 Å². The Morgan fingerprint density at radius 1 is 1.12 bits per heavy atom. The van der Waals surface area contributed by atoms with Crippen LogP contribution in [0.15, 0.2) is 6.07 Å². The van der Waals surface area contributed by atoms with Gasteiger partial charge in [-0.05, 0) is 65.1 Å². The van der Waals surface area contributed by atoms with E-state index < -0.39 is 0 Å². The lowest BCUT2D eigenvalue weighted by Gasteiger charge is -2.32. The van der Waals surface area contributed by atoms with Crippen LogP contribution in [0.25, 0.3) is 0 Å². The van der Waals surface area contributed by atoms with E-state index in [0.29, 0.717) is 12.0 Å². The number of carbonyl (C=O) groups excluding carboxylic acids is 1. The summed E-state index contributed by atoms with van der Waals surface area (Å²) in [5.74, 6) is 0.960. The zero-order valence-corrected chi connectivity index (χ0v) is 16.8. The summed E-state index contributed by atoms with van der Waals surface area (Å²) in [6.07, 6.45) is 8.78. The molecular weight excluding hydrogens is 334 g/mol. The first-order chi connectivity index (χ1) is 11.6. The third-order valence-electron chi connectivity index (χ3n) is 6.05. The Morgan fingerprint density at radius 2 is 1.76 bits per heavy atom. The van der Waals surface area contributed by atoms with Gasteiger partial charge in [-0.1, -0.05) is 19.3 Å².